The molecule has 1 aromatic rings. The molecule has 0 unspecified atom stereocenters. The van der Waals surface area contributed by atoms with Crippen molar-refractivity contribution in [2.75, 3.05) is 19.8 Å². The van der Waals surface area contributed by atoms with Gasteiger partial charge in [0.15, 0.2) is 0 Å². The molecule has 0 fully saturated rings. The largest absolute Gasteiger partial charge is 0.462 e. The summed E-state index contributed by atoms with van der Waals surface area (Å²) in [6.07, 6.45) is -2.55. The Labute approximate surface area is 121 Å². The van der Waals surface area contributed by atoms with Crippen LogP contribution < -0.4 is 5.56 Å². The van der Waals surface area contributed by atoms with Crippen molar-refractivity contribution in [3.05, 3.63) is 33.2 Å². The van der Waals surface area contributed by atoms with Crippen LogP contribution in [0.2, 0.25) is 0 Å². The first-order valence-corrected chi connectivity index (χ1v) is 6.62. The number of carbonyl (C=O) groups excluding carboxylic acids is 1. The second-order valence-electron chi connectivity index (χ2n) is 4.46. The van der Waals surface area contributed by atoms with Crippen LogP contribution in [0.5, 0.6) is 0 Å². The lowest BCUT2D eigenvalue weighted by Crippen LogP contribution is -2.28. The fraction of sp³-hybridized carbons (Fsp3) is 0.571. The molecule has 1 aromatic heterocycles. The highest BCUT2D eigenvalue weighted by Gasteiger charge is 2.17. The summed E-state index contributed by atoms with van der Waals surface area (Å²) in [7, 11) is 0. The topological polar surface area (TPSA) is 57.5 Å². The van der Waals surface area contributed by atoms with Gasteiger partial charge in [0.25, 0.3) is 12.0 Å². The molecule has 5 nitrogen and oxygen atoms in total. The number of esters is 1. The summed E-state index contributed by atoms with van der Waals surface area (Å²) in [5, 5.41) is 0. The monoisotopic (exact) mass is 303 g/mol. The van der Waals surface area contributed by atoms with Crippen LogP contribution in [-0.4, -0.2) is 36.8 Å². The van der Waals surface area contributed by atoms with Gasteiger partial charge in [-0.3, -0.25) is 4.79 Å². The van der Waals surface area contributed by atoms with Crippen molar-refractivity contribution in [2.45, 2.75) is 33.7 Å². The minimum atomic E-state index is -2.55. The number of carbonyl (C=O) groups is 1. The molecule has 0 N–H and O–H groups in total. The van der Waals surface area contributed by atoms with E-state index in [0.29, 0.717) is 16.8 Å². The molecule has 0 aliphatic carbocycles. The van der Waals surface area contributed by atoms with E-state index in [2.05, 4.69) is 0 Å². The lowest BCUT2D eigenvalue weighted by atomic mass is 10.1. The predicted octanol–water partition coefficient (Wildman–Crippen LogP) is 1.92. The van der Waals surface area contributed by atoms with Crippen LogP contribution in [0.4, 0.5) is 8.78 Å². The predicted molar refractivity (Wildman–Crippen MR) is 73.0 cm³/mol. The van der Waals surface area contributed by atoms with Gasteiger partial charge < -0.3 is 14.0 Å². The molecule has 21 heavy (non-hydrogen) atoms. The molecule has 0 saturated heterocycles. The molecule has 0 aromatic carbocycles. The van der Waals surface area contributed by atoms with Crippen molar-refractivity contribution in [3.8, 4) is 0 Å². The second kappa shape index (κ2) is 7.87. The maximum absolute atomic E-state index is 12.0. The van der Waals surface area contributed by atoms with Gasteiger partial charge in [-0.15, -0.1) is 0 Å². The van der Waals surface area contributed by atoms with Crippen molar-refractivity contribution >= 4 is 5.97 Å². The molecular formula is C14H19F2NO4. The molecule has 7 heteroatoms. The van der Waals surface area contributed by atoms with Crippen LogP contribution in [0.3, 0.4) is 0 Å². The third kappa shape index (κ3) is 4.63. The summed E-state index contributed by atoms with van der Waals surface area (Å²) >= 11 is 0. The van der Waals surface area contributed by atoms with Crippen LogP contribution in [0.25, 0.3) is 0 Å². The van der Waals surface area contributed by atoms with E-state index in [1.165, 1.54) is 10.6 Å². The highest BCUT2D eigenvalue weighted by molar-refractivity contribution is 5.92. The van der Waals surface area contributed by atoms with Gasteiger partial charge in [0.2, 0.25) is 0 Å². The van der Waals surface area contributed by atoms with Gasteiger partial charge in [0, 0.05) is 18.3 Å². The molecule has 0 radical (unpaired) electrons. The highest BCUT2D eigenvalue weighted by Crippen LogP contribution is 2.13. The van der Waals surface area contributed by atoms with Gasteiger partial charge in [-0.2, -0.15) is 0 Å². The number of ether oxygens (including phenoxy) is 2. The Bertz CT molecular complexity index is 555. The maximum atomic E-state index is 12.0. The van der Waals surface area contributed by atoms with Crippen molar-refractivity contribution in [2.24, 2.45) is 0 Å². The number of hydrogen-bond acceptors (Lipinski definition) is 4. The van der Waals surface area contributed by atoms with Crippen LogP contribution in [0.1, 0.15) is 28.5 Å². The SMILES string of the molecule is CCOC(=O)c1c(C)cc(=O)n(CCOCC(F)F)c1C. The number of aromatic nitrogens is 1. The number of hydrogen-bond donors (Lipinski definition) is 0. The molecule has 0 aliphatic heterocycles. The zero-order chi connectivity index (χ0) is 16.0. The fourth-order valence-corrected chi connectivity index (χ4v) is 2.04. The Morgan fingerprint density at radius 1 is 1.38 bits per heavy atom. The Morgan fingerprint density at radius 3 is 2.62 bits per heavy atom. The molecule has 0 bridgehead atoms. The van der Waals surface area contributed by atoms with E-state index in [1.807, 2.05) is 0 Å². The maximum Gasteiger partial charge on any atom is 0.340 e. The van der Waals surface area contributed by atoms with E-state index in [9.17, 15) is 18.4 Å². The quantitative estimate of drug-likeness (QED) is 0.570. The molecule has 1 heterocycles. The van der Waals surface area contributed by atoms with Gasteiger partial charge in [0.05, 0.1) is 18.8 Å². The lowest BCUT2D eigenvalue weighted by Gasteiger charge is -2.15. The molecule has 118 valence electrons. The normalized spacial score (nSPS) is 11.0. The molecule has 0 atom stereocenters. The summed E-state index contributed by atoms with van der Waals surface area (Å²) in [4.78, 5) is 23.8. The molecule has 0 amide bonds. The first kappa shape index (κ1) is 17.3. The van der Waals surface area contributed by atoms with Crippen molar-refractivity contribution in [3.63, 3.8) is 0 Å². The Kier molecular flexibility index (Phi) is 6.48. The van der Waals surface area contributed by atoms with Crippen LogP contribution >= 0.6 is 0 Å². The van der Waals surface area contributed by atoms with Gasteiger partial charge in [-0.25, -0.2) is 13.6 Å². The Balaban J connectivity index is 2.96. The molecule has 1 rings (SSSR count). The minimum absolute atomic E-state index is 0.0313. The van der Waals surface area contributed by atoms with E-state index in [1.54, 1.807) is 20.8 Å². The number of pyridine rings is 1. The molecular weight excluding hydrogens is 284 g/mol. The van der Waals surface area contributed by atoms with Crippen LogP contribution in [0.15, 0.2) is 10.9 Å². The molecule has 0 saturated carbocycles. The number of alkyl halides is 2. The smallest absolute Gasteiger partial charge is 0.340 e. The van der Waals surface area contributed by atoms with Crippen molar-refractivity contribution < 1.29 is 23.0 Å². The third-order valence-corrected chi connectivity index (χ3v) is 2.95. The van der Waals surface area contributed by atoms with E-state index < -0.39 is 19.0 Å². The zero-order valence-corrected chi connectivity index (χ0v) is 12.3. The number of halogens is 2. The van der Waals surface area contributed by atoms with E-state index in [-0.39, 0.29) is 25.3 Å². The van der Waals surface area contributed by atoms with Crippen LogP contribution in [0, 0.1) is 13.8 Å². The van der Waals surface area contributed by atoms with Gasteiger partial charge in [-0.1, -0.05) is 0 Å². The van der Waals surface area contributed by atoms with Gasteiger partial charge >= 0.3 is 5.97 Å². The average Bonchev–Trinajstić information content (AvgIpc) is 2.37. The van der Waals surface area contributed by atoms with E-state index in [0.717, 1.165) is 0 Å². The van der Waals surface area contributed by atoms with Crippen molar-refractivity contribution in [1.29, 1.82) is 0 Å². The number of nitrogens with zero attached hydrogens (tertiary/aromatic N) is 1. The minimum Gasteiger partial charge on any atom is -0.462 e. The highest BCUT2D eigenvalue weighted by atomic mass is 19.3. The lowest BCUT2D eigenvalue weighted by molar-refractivity contribution is 0.0144. The average molecular weight is 303 g/mol. The summed E-state index contributed by atoms with van der Waals surface area (Å²) in [5.74, 6) is -0.505. The van der Waals surface area contributed by atoms with Crippen LogP contribution in [-0.2, 0) is 16.0 Å². The summed E-state index contributed by atoms with van der Waals surface area (Å²) in [5.41, 5.74) is 0.990. The first-order chi connectivity index (χ1) is 9.88. The molecule has 0 spiro atoms. The summed E-state index contributed by atoms with van der Waals surface area (Å²) in [6.45, 7) is 4.59. The fourth-order valence-electron chi connectivity index (χ4n) is 2.04. The van der Waals surface area contributed by atoms with Gasteiger partial charge in [0.1, 0.15) is 6.61 Å². The summed E-state index contributed by atoms with van der Waals surface area (Å²) in [6, 6.07) is 1.33. The second-order valence-corrected chi connectivity index (χ2v) is 4.46. The standard InChI is InChI=1S/C14H19F2NO4/c1-4-21-14(19)13-9(2)7-12(18)17(10(13)3)5-6-20-8-11(15)16/h7,11H,4-6,8H2,1-3H3. The third-order valence-electron chi connectivity index (χ3n) is 2.95. The van der Waals surface area contributed by atoms with Crippen molar-refractivity contribution in [1.82, 2.24) is 4.57 Å². The van der Waals surface area contributed by atoms with E-state index >= 15 is 0 Å². The zero-order valence-electron chi connectivity index (χ0n) is 12.3. The summed E-state index contributed by atoms with van der Waals surface area (Å²) < 4.78 is 35.0. The van der Waals surface area contributed by atoms with Gasteiger partial charge in [-0.05, 0) is 26.3 Å². The van der Waals surface area contributed by atoms with E-state index in [4.69, 9.17) is 9.47 Å². The Hall–Kier alpha value is -1.76. The number of rotatable bonds is 7. The number of aryl methyl sites for hydroxylation is 1. The Morgan fingerprint density at radius 2 is 2.05 bits per heavy atom. The molecule has 0 aliphatic rings. The first-order valence-electron chi connectivity index (χ1n) is 6.62.